The predicted octanol–water partition coefficient (Wildman–Crippen LogP) is 2.53. The van der Waals surface area contributed by atoms with Crippen LogP contribution in [-0.2, 0) is 0 Å². The lowest BCUT2D eigenvalue weighted by molar-refractivity contribution is 0.102. The van der Waals surface area contributed by atoms with Gasteiger partial charge in [-0.05, 0) is 43.2 Å². The fraction of sp³-hybridized carbons (Fsp3) is 0.143. The van der Waals surface area contributed by atoms with Crippen LogP contribution in [0.4, 0.5) is 11.5 Å². The highest BCUT2D eigenvalue weighted by Gasteiger charge is 2.08. The first-order valence-electron chi connectivity index (χ1n) is 5.67. The highest BCUT2D eigenvalue weighted by molar-refractivity contribution is 6.04. The molecular weight excluding hydrogens is 226 g/mol. The molecule has 3 N–H and O–H groups in total. The average molecular weight is 241 g/mol. The van der Waals surface area contributed by atoms with Crippen molar-refractivity contribution in [2.24, 2.45) is 0 Å². The van der Waals surface area contributed by atoms with Crippen LogP contribution >= 0.6 is 0 Å². The van der Waals surface area contributed by atoms with E-state index < -0.39 is 0 Å². The molecule has 0 unspecified atom stereocenters. The maximum Gasteiger partial charge on any atom is 0.257 e. The highest BCUT2D eigenvalue weighted by Crippen LogP contribution is 2.18. The summed E-state index contributed by atoms with van der Waals surface area (Å²) in [7, 11) is 0. The Bertz CT molecular complexity index is 576. The van der Waals surface area contributed by atoms with Crippen molar-refractivity contribution in [1.29, 1.82) is 0 Å². The SMILES string of the molecule is Cc1cccc(NC(=O)c2ccc(N)nc2)c1C. The Morgan fingerprint density at radius 1 is 1.22 bits per heavy atom. The van der Waals surface area contributed by atoms with Crippen molar-refractivity contribution in [3.63, 3.8) is 0 Å². The number of pyridine rings is 1. The predicted molar refractivity (Wildman–Crippen MR) is 72.5 cm³/mol. The van der Waals surface area contributed by atoms with Crippen LogP contribution in [0.1, 0.15) is 21.5 Å². The summed E-state index contributed by atoms with van der Waals surface area (Å²) < 4.78 is 0. The van der Waals surface area contributed by atoms with Gasteiger partial charge in [-0.1, -0.05) is 12.1 Å². The van der Waals surface area contributed by atoms with Gasteiger partial charge in [-0.3, -0.25) is 4.79 Å². The van der Waals surface area contributed by atoms with Gasteiger partial charge in [0.05, 0.1) is 5.56 Å². The lowest BCUT2D eigenvalue weighted by Crippen LogP contribution is -2.13. The minimum Gasteiger partial charge on any atom is -0.384 e. The molecule has 1 aromatic carbocycles. The van der Waals surface area contributed by atoms with Crippen LogP contribution in [0, 0.1) is 13.8 Å². The normalized spacial score (nSPS) is 10.1. The number of hydrogen-bond donors (Lipinski definition) is 2. The van der Waals surface area contributed by atoms with Gasteiger partial charge >= 0.3 is 0 Å². The van der Waals surface area contributed by atoms with Crippen molar-refractivity contribution >= 4 is 17.4 Å². The van der Waals surface area contributed by atoms with Gasteiger partial charge in [0.25, 0.3) is 5.91 Å². The van der Waals surface area contributed by atoms with Gasteiger partial charge in [0, 0.05) is 11.9 Å². The minimum absolute atomic E-state index is 0.184. The smallest absolute Gasteiger partial charge is 0.257 e. The molecule has 0 saturated carbocycles. The number of nitrogens with two attached hydrogens (primary N) is 1. The van der Waals surface area contributed by atoms with Crippen molar-refractivity contribution in [2.75, 3.05) is 11.1 Å². The molecule has 1 aromatic heterocycles. The number of carbonyl (C=O) groups is 1. The lowest BCUT2D eigenvalue weighted by atomic mass is 10.1. The van der Waals surface area contributed by atoms with Crippen molar-refractivity contribution in [3.05, 3.63) is 53.2 Å². The molecule has 0 spiro atoms. The molecule has 92 valence electrons. The van der Waals surface area contributed by atoms with E-state index in [2.05, 4.69) is 10.3 Å². The molecule has 1 heterocycles. The van der Waals surface area contributed by atoms with E-state index >= 15 is 0 Å². The van der Waals surface area contributed by atoms with Crippen LogP contribution in [-0.4, -0.2) is 10.9 Å². The van der Waals surface area contributed by atoms with E-state index in [0.717, 1.165) is 16.8 Å². The Labute approximate surface area is 106 Å². The van der Waals surface area contributed by atoms with Gasteiger partial charge in [0.15, 0.2) is 0 Å². The quantitative estimate of drug-likeness (QED) is 0.849. The average Bonchev–Trinajstić information content (AvgIpc) is 2.36. The number of anilines is 2. The number of nitrogen functional groups attached to an aromatic ring is 1. The first kappa shape index (κ1) is 12.1. The van der Waals surface area contributed by atoms with Gasteiger partial charge in [-0.15, -0.1) is 0 Å². The number of nitrogens with zero attached hydrogens (tertiary/aromatic N) is 1. The fourth-order valence-corrected chi connectivity index (χ4v) is 1.62. The van der Waals surface area contributed by atoms with Crippen LogP contribution < -0.4 is 11.1 Å². The summed E-state index contributed by atoms with van der Waals surface area (Å²) in [5, 5.41) is 2.87. The highest BCUT2D eigenvalue weighted by atomic mass is 16.1. The molecule has 1 amide bonds. The van der Waals surface area contributed by atoms with Gasteiger partial charge in [0.1, 0.15) is 5.82 Å². The van der Waals surface area contributed by atoms with Crippen LogP contribution in [0.3, 0.4) is 0 Å². The van der Waals surface area contributed by atoms with Crippen LogP contribution in [0.2, 0.25) is 0 Å². The molecule has 4 heteroatoms. The van der Waals surface area contributed by atoms with Crippen molar-refractivity contribution < 1.29 is 4.79 Å². The molecule has 0 fully saturated rings. The Kier molecular flexibility index (Phi) is 3.28. The van der Waals surface area contributed by atoms with E-state index in [0.29, 0.717) is 11.4 Å². The maximum absolute atomic E-state index is 12.0. The maximum atomic E-state index is 12.0. The molecule has 0 bridgehead atoms. The molecule has 4 nitrogen and oxygen atoms in total. The molecule has 2 aromatic rings. The summed E-state index contributed by atoms with van der Waals surface area (Å²) in [5.41, 5.74) is 8.99. The lowest BCUT2D eigenvalue weighted by Gasteiger charge is -2.10. The zero-order chi connectivity index (χ0) is 13.1. The number of nitrogens with one attached hydrogen (secondary N) is 1. The van der Waals surface area contributed by atoms with Crippen LogP contribution in [0.15, 0.2) is 36.5 Å². The third-order valence-corrected chi connectivity index (χ3v) is 2.90. The van der Waals surface area contributed by atoms with Crippen LogP contribution in [0.5, 0.6) is 0 Å². The summed E-state index contributed by atoms with van der Waals surface area (Å²) in [6.45, 7) is 3.99. The monoisotopic (exact) mass is 241 g/mol. The van der Waals surface area contributed by atoms with Crippen molar-refractivity contribution in [2.45, 2.75) is 13.8 Å². The number of aryl methyl sites for hydroxylation is 1. The van der Waals surface area contributed by atoms with Crippen molar-refractivity contribution in [1.82, 2.24) is 4.98 Å². The second-order valence-electron chi connectivity index (χ2n) is 4.17. The molecule has 0 radical (unpaired) electrons. The van der Waals surface area contributed by atoms with E-state index in [1.165, 1.54) is 6.20 Å². The molecule has 0 saturated heterocycles. The Morgan fingerprint density at radius 2 is 2.00 bits per heavy atom. The van der Waals surface area contributed by atoms with E-state index in [9.17, 15) is 4.79 Å². The molecule has 0 atom stereocenters. The molecule has 0 aliphatic heterocycles. The second-order valence-corrected chi connectivity index (χ2v) is 4.17. The third-order valence-electron chi connectivity index (χ3n) is 2.90. The third kappa shape index (κ3) is 2.48. The molecule has 0 aliphatic carbocycles. The fourth-order valence-electron chi connectivity index (χ4n) is 1.62. The topological polar surface area (TPSA) is 68.0 Å². The zero-order valence-corrected chi connectivity index (χ0v) is 10.4. The summed E-state index contributed by atoms with van der Waals surface area (Å²) in [4.78, 5) is 15.9. The minimum atomic E-state index is -0.184. The molecule has 0 aliphatic rings. The molecule has 18 heavy (non-hydrogen) atoms. The van der Waals surface area contributed by atoms with Gasteiger partial charge in [0.2, 0.25) is 0 Å². The summed E-state index contributed by atoms with van der Waals surface area (Å²) in [6.07, 6.45) is 1.47. The summed E-state index contributed by atoms with van der Waals surface area (Å²) >= 11 is 0. The van der Waals surface area contributed by atoms with E-state index in [4.69, 9.17) is 5.73 Å². The van der Waals surface area contributed by atoms with Gasteiger partial charge in [-0.25, -0.2) is 4.98 Å². The van der Waals surface area contributed by atoms with Gasteiger partial charge < -0.3 is 11.1 Å². The Balaban J connectivity index is 2.21. The number of rotatable bonds is 2. The largest absolute Gasteiger partial charge is 0.384 e. The number of hydrogen-bond acceptors (Lipinski definition) is 3. The van der Waals surface area contributed by atoms with Crippen molar-refractivity contribution in [3.8, 4) is 0 Å². The summed E-state index contributed by atoms with van der Waals surface area (Å²) in [5.74, 6) is 0.217. The van der Waals surface area contributed by atoms with Crippen LogP contribution in [0.25, 0.3) is 0 Å². The number of aromatic nitrogens is 1. The Morgan fingerprint density at radius 3 is 2.67 bits per heavy atom. The van der Waals surface area contributed by atoms with E-state index in [-0.39, 0.29) is 5.91 Å². The molecular formula is C14H15N3O. The standard InChI is InChI=1S/C14H15N3O/c1-9-4-3-5-12(10(9)2)17-14(18)11-6-7-13(15)16-8-11/h3-8H,1-2H3,(H2,15,16)(H,17,18). The first-order valence-corrected chi connectivity index (χ1v) is 5.67. The second kappa shape index (κ2) is 4.87. The number of amides is 1. The number of benzene rings is 1. The molecule has 2 rings (SSSR count). The first-order chi connectivity index (χ1) is 8.58. The zero-order valence-electron chi connectivity index (χ0n) is 10.4. The van der Waals surface area contributed by atoms with E-state index in [1.54, 1.807) is 12.1 Å². The summed E-state index contributed by atoms with van der Waals surface area (Å²) in [6, 6.07) is 9.07. The van der Waals surface area contributed by atoms with Gasteiger partial charge in [-0.2, -0.15) is 0 Å². The van der Waals surface area contributed by atoms with E-state index in [1.807, 2.05) is 32.0 Å². The Hall–Kier alpha value is -2.36. The number of carbonyl (C=O) groups excluding carboxylic acids is 1.